The fourth-order valence-electron chi connectivity index (χ4n) is 1.32. The third kappa shape index (κ3) is 1.67. The minimum absolute atomic E-state index is 0.107. The molecule has 0 spiro atoms. The minimum Gasteiger partial charge on any atom is -0.390 e. The predicted octanol–water partition coefficient (Wildman–Crippen LogP) is 0.817. The number of nitrogens with zero attached hydrogens (tertiary/aromatic N) is 4. The van der Waals surface area contributed by atoms with Gasteiger partial charge in [-0.1, -0.05) is 0 Å². The van der Waals surface area contributed by atoms with Gasteiger partial charge in [0.25, 0.3) is 0 Å². The fraction of sp³-hybridized carbons (Fsp3) is 0.300. The first-order valence-electron chi connectivity index (χ1n) is 4.75. The van der Waals surface area contributed by atoms with E-state index in [0.29, 0.717) is 11.4 Å². The largest absolute Gasteiger partial charge is 0.390 e. The Bertz CT molecular complexity index is 524. The third-order valence-electron chi connectivity index (χ3n) is 2.35. The molecule has 2 aromatic heterocycles. The standard InChI is InChI=1S/C10H11FN4O/c1-6-8(11)9(14-15(6)2)10-12-4-3-7(5-16)13-10/h3-4,16H,5H2,1-2H3. The van der Waals surface area contributed by atoms with Crippen LogP contribution in [0.25, 0.3) is 11.5 Å². The van der Waals surface area contributed by atoms with E-state index in [2.05, 4.69) is 15.1 Å². The zero-order chi connectivity index (χ0) is 11.7. The number of hydrogen-bond acceptors (Lipinski definition) is 4. The average molecular weight is 222 g/mol. The Hall–Kier alpha value is -1.82. The Balaban J connectivity index is 2.54. The zero-order valence-electron chi connectivity index (χ0n) is 8.98. The van der Waals surface area contributed by atoms with Gasteiger partial charge in [0.2, 0.25) is 0 Å². The maximum Gasteiger partial charge on any atom is 0.183 e. The van der Waals surface area contributed by atoms with Gasteiger partial charge in [-0.2, -0.15) is 5.10 Å². The van der Waals surface area contributed by atoms with Crippen LogP contribution in [0.1, 0.15) is 11.4 Å². The van der Waals surface area contributed by atoms with Crippen LogP contribution in [-0.2, 0) is 13.7 Å². The number of aryl methyl sites for hydroxylation is 1. The summed E-state index contributed by atoms with van der Waals surface area (Å²) in [5, 5.41) is 12.9. The van der Waals surface area contributed by atoms with Crippen LogP contribution < -0.4 is 0 Å². The molecule has 6 heteroatoms. The Morgan fingerprint density at radius 1 is 1.50 bits per heavy atom. The van der Waals surface area contributed by atoms with Crippen molar-refractivity contribution in [3.63, 3.8) is 0 Å². The van der Waals surface area contributed by atoms with Crippen molar-refractivity contribution in [2.24, 2.45) is 7.05 Å². The van der Waals surface area contributed by atoms with Gasteiger partial charge in [-0.25, -0.2) is 14.4 Å². The molecule has 0 aliphatic carbocycles. The van der Waals surface area contributed by atoms with Gasteiger partial charge in [0, 0.05) is 13.2 Å². The lowest BCUT2D eigenvalue weighted by molar-refractivity contribution is 0.277. The highest BCUT2D eigenvalue weighted by atomic mass is 19.1. The first kappa shape index (κ1) is 10.7. The van der Waals surface area contributed by atoms with E-state index >= 15 is 0 Å². The van der Waals surface area contributed by atoms with E-state index in [0.717, 1.165) is 0 Å². The molecule has 0 aliphatic rings. The van der Waals surface area contributed by atoms with E-state index < -0.39 is 5.82 Å². The summed E-state index contributed by atoms with van der Waals surface area (Å²) >= 11 is 0. The number of rotatable bonds is 2. The molecule has 5 nitrogen and oxygen atoms in total. The van der Waals surface area contributed by atoms with Crippen molar-refractivity contribution in [1.82, 2.24) is 19.7 Å². The summed E-state index contributed by atoms with van der Waals surface area (Å²) in [5.74, 6) is -0.245. The van der Waals surface area contributed by atoms with Crippen LogP contribution in [0.2, 0.25) is 0 Å². The molecule has 0 radical (unpaired) electrons. The predicted molar refractivity (Wildman–Crippen MR) is 54.9 cm³/mol. The number of halogens is 1. The minimum atomic E-state index is -0.433. The summed E-state index contributed by atoms with van der Waals surface area (Å²) in [4.78, 5) is 7.93. The van der Waals surface area contributed by atoms with Crippen molar-refractivity contribution in [3.05, 3.63) is 29.5 Å². The van der Waals surface area contributed by atoms with Crippen LogP contribution in [0.3, 0.4) is 0 Å². The molecule has 0 aliphatic heterocycles. The SMILES string of the molecule is Cc1c(F)c(-c2nccc(CO)n2)nn1C. The molecule has 1 N–H and O–H groups in total. The normalized spacial score (nSPS) is 10.8. The number of hydrogen-bond donors (Lipinski definition) is 1. The van der Waals surface area contributed by atoms with E-state index in [1.165, 1.54) is 10.9 Å². The second-order valence-electron chi connectivity index (χ2n) is 3.40. The van der Waals surface area contributed by atoms with Crippen LogP contribution in [-0.4, -0.2) is 24.9 Å². The first-order valence-corrected chi connectivity index (χ1v) is 4.75. The summed E-state index contributed by atoms with van der Waals surface area (Å²) in [7, 11) is 1.65. The Morgan fingerprint density at radius 3 is 2.81 bits per heavy atom. The highest BCUT2D eigenvalue weighted by Gasteiger charge is 2.16. The monoisotopic (exact) mass is 222 g/mol. The summed E-state index contributed by atoms with van der Waals surface area (Å²) in [6.07, 6.45) is 1.47. The number of aliphatic hydroxyl groups excluding tert-OH is 1. The van der Waals surface area contributed by atoms with Gasteiger partial charge in [0.15, 0.2) is 17.3 Å². The van der Waals surface area contributed by atoms with Crippen LogP contribution in [0.15, 0.2) is 12.3 Å². The zero-order valence-corrected chi connectivity index (χ0v) is 8.98. The van der Waals surface area contributed by atoms with Gasteiger partial charge in [-0.3, -0.25) is 4.68 Å². The van der Waals surface area contributed by atoms with Crippen molar-refractivity contribution < 1.29 is 9.50 Å². The molecule has 0 bridgehead atoms. The van der Waals surface area contributed by atoms with Crippen molar-refractivity contribution in [1.29, 1.82) is 0 Å². The van der Waals surface area contributed by atoms with E-state index in [9.17, 15) is 4.39 Å². The molecule has 0 amide bonds. The molecular weight excluding hydrogens is 211 g/mol. The summed E-state index contributed by atoms with van der Waals surface area (Å²) in [6.45, 7) is 1.42. The topological polar surface area (TPSA) is 63.8 Å². The van der Waals surface area contributed by atoms with E-state index in [1.807, 2.05) is 0 Å². The second kappa shape index (κ2) is 3.97. The Kier molecular flexibility index (Phi) is 2.66. The lowest BCUT2D eigenvalue weighted by atomic mass is 10.3. The Labute approximate surface area is 91.6 Å². The molecule has 0 fully saturated rings. The molecule has 0 saturated carbocycles. The molecule has 0 aromatic carbocycles. The van der Waals surface area contributed by atoms with E-state index in [4.69, 9.17) is 5.11 Å². The molecule has 2 aromatic rings. The highest BCUT2D eigenvalue weighted by molar-refractivity contribution is 5.50. The van der Waals surface area contributed by atoms with Gasteiger partial charge in [-0.15, -0.1) is 0 Å². The molecule has 84 valence electrons. The van der Waals surface area contributed by atoms with Gasteiger partial charge < -0.3 is 5.11 Å². The van der Waals surface area contributed by atoms with Crippen molar-refractivity contribution in [2.45, 2.75) is 13.5 Å². The summed E-state index contributed by atoms with van der Waals surface area (Å²) < 4.78 is 15.1. The summed E-state index contributed by atoms with van der Waals surface area (Å²) in [6, 6.07) is 1.57. The van der Waals surface area contributed by atoms with Crippen molar-refractivity contribution >= 4 is 0 Å². The highest BCUT2D eigenvalue weighted by Crippen LogP contribution is 2.19. The van der Waals surface area contributed by atoms with Gasteiger partial charge in [0.05, 0.1) is 18.0 Å². The van der Waals surface area contributed by atoms with Crippen LogP contribution in [0, 0.1) is 12.7 Å². The molecule has 0 atom stereocenters. The second-order valence-corrected chi connectivity index (χ2v) is 3.40. The molecular formula is C10H11FN4O. The number of aliphatic hydroxyl groups is 1. The van der Waals surface area contributed by atoms with Gasteiger partial charge in [0.1, 0.15) is 0 Å². The lowest BCUT2D eigenvalue weighted by Crippen LogP contribution is -1.97. The van der Waals surface area contributed by atoms with Crippen LogP contribution in [0.4, 0.5) is 4.39 Å². The molecule has 0 unspecified atom stereocenters. The van der Waals surface area contributed by atoms with E-state index in [-0.39, 0.29) is 18.1 Å². The first-order chi connectivity index (χ1) is 7.63. The molecule has 0 saturated heterocycles. The quantitative estimate of drug-likeness (QED) is 0.817. The molecule has 2 heterocycles. The fourth-order valence-corrected chi connectivity index (χ4v) is 1.32. The smallest absolute Gasteiger partial charge is 0.183 e. The van der Waals surface area contributed by atoms with Crippen LogP contribution in [0.5, 0.6) is 0 Å². The van der Waals surface area contributed by atoms with Gasteiger partial charge in [-0.05, 0) is 13.0 Å². The maximum absolute atomic E-state index is 13.7. The van der Waals surface area contributed by atoms with Gasteiger partial charge >= 0.3 is 0 Å². The van der Waals surface area contributed by atoms with Crippen molar-refractivity contribution in [2.75, 3.05) is 0 Å². The summed E-state index contributed by atoms with van der Waals surface area (Å²) in [5.41, 5.74) is 0.969. The van der Waals surface area contributed by atoms with Crippen molar-refractivity contribution in [3.8, 4) is 11.5 Å². The third-order valence-corrected chi connectivity index (χ3v) is 2.35. The average Bonchev–Trinajstić information content (AvgIpc) is 2.57. The van der Waals surface area contributed by atoms with Crippen LogP contribution >= 0.6 is 0 Å². The number of aromatic nitrogens is 4. The molecule has 2 rings (SSSR count). The molecule has 16 heavy (non-hydrogen) atoms. The Morgan fingerprint density at radius 2 is 2.25 bits per heavy atom. The lowest BCUT2D eigenvalue weighted by Gasteiger charge is -1.98. The maximum atomic E-state index is 13.7. The van der Waals surface area contributed by atoms with E-state index in [1.54, 1.807) is 20.0 Å².